The van der Waals surface area contributed by atoms with E-state index in [1.807, 2.05) is 6.07 Å². The fraction of sp³-hybridized carbons (Fsp3) is 0.429. The number of carboxylic acids is 1. The van der Waals surface area contributed by atoms with Crippen LogP contribution in [0.5, 0.6) is 0 Å². The lowest BCUT2D eigenvalue weighted by molar-refractivity contribution is -0.137. The van der Waals surface area contributed by atoms with E-state index in [0.29, 0.717) is 17.5 Å². The summed E-state index contributed by atoms with van der Waals surface area (Å²) >= 11 is 0. The van der Waals surface area contributed by atoms with E-state index in [2.05, 4.69) is 4.72 Å². The Bertz CT molecular complexity index is 662. The number of nitrogens with zero attached hydrogens (tertiary/aromatic N) is 1. The van der Waals surface area contributed by atoms with E-state index in [1.54, 1.807) is 13.8 Å². The molecule has 1 aromatic carbocycles. The summed E-state index contributed by atoms with van der Waals surface area (Å²) in [6.45, 7) is 3.64. The smallest absolute Gasteiger partial charge is 0.303 e. The maximum Gasteiger partial charge on any atom is 0.303 e. The maximum absolute atomic E-state index is 12.1. The van der Waals surface area contributed by atoms with Crippen LogP contribution in [0, 0.1) is 24.2 Å². The van der Waals surface area contributed by atoms with Gasteiger partial charge >= 0.3 is 5.97 Å². The lowest BCUT2D eigenvalue weighted by atomic mass is 10.1. The van der Waals surface area contributed by atoms with E-state index in [4.69, 9.17) is 10.4 Å². The summed E-state index contributed by atoms with van der Waals surface area (Å²) in [5.74, 6) is -0.970. The van der Waals surface area contributed by atoms with Crippen molar-refractivity contribution in [2.75, 3.05) is 6.54 Å². The normalized spacial score (nSPS) is 12.6. The Morgan fingerprint density at radius 2 is 2.14 bits per heavy atom. The minimum absolute atomic E-state index is 0.0128. The number of rotatable bonds is 7. The number of hydrogen-bond donors (Lipinski definition) is 2. The fourth-order valence-corrected chi connectivity index (χ4v) is 2.99. The van der Waals surface area contributed by atoms with Gasteiger partial charge in [-0.3, -0.25) is 4.79 Å². The zero-order valence-corrected chi connectivity index (χ0v) is 12.8. The van der Waals surface area contributed by atoms with Gasteiger partial charge in [0.15, 0.2) is 0 Å². The molecule has 0 saturated carbocycles. The van der Waals surface area contributed by atoms with Crippen LogP contribution in [-0.2, 0) is 14.8 Å². The van der Waals surface area contributed by atoms with Crippen LogP contribution in [0.15, 0.2) is 23.1 Å². The predicted molar refractivity (Wildman–Crippen MR) is 77.1 cm³/mol. The molecule has 114 valence electrons. The topological polar surface area (TPSA) is 107 Å². The Morgan fingerprint density at radius 1 is 1.48 bits per heavy atom. The van der Waals surface area contributed by atoms with E-state index in [-0.39, 0.29) is 23.8 Å². The molecule has 7 heteroatoms. The van der Waals surface area contributed by atoms with Gasteiger partial charge in [-0.1, -0.05) is 6.92 Å². The first-order valence-electron chi connectivity index (χ1n) is 6.48. The molecule has 0 heterocycles. The van der Waals surface area contributed by atoms with Gasteiger partial charge in [-0.05, 0) is 43.0 Å². The second-order valence-corrected chi connectivity index (χ2v) is 6.74. The molecule has 1 atom stereocenters. The van der Waals surface area contributed by atoms with Crippen LogP contribution in [0.2, 0.25) is 0 Å². The van der Waals surface area contributed by atoms with Gasteiger partial charge in [0.1, 0.15) is 0 Å². The number of nitrogens with one attached hydrogen (secondary N) is 1. The van der Waals surface area contributed by atoms with Crippen molar-refractivity contribution in [3.05, 3.63) is 29.3 Å². The van der Waals surface area contributed by atoms with Crippen molar-refractivity contribution < 1.29 is 18.3 Å². The first-order valence-corrected chi connectivity index (χ1v) is 7.97. The standard InChI is InChI=1S/C14H18N2O4S/c1-10(3-6-14(17)18)9-16-21(19,20)13-5-4-12(8-15)11(2)7-13/h4-5,7,10,16H,3,6,9H2,1-2H3,(H,17,18). The van der Waals surface area contributed by atoms with Crippen LogP contribution < -0.4 is 4.72 Å². The zero-order valence-electron chi connectivity index (χ0n) is 12.0. The number of hydrogen-bond acceptors (Lipinski definition) is 4. The molecule has 1 aromatic rings. The van der Waals surface area contributed by atoms with Gasteiger partial charge in [-0.2, -0.15) is 5.26 Å². The molecule has 0 aliphatic rings. The van der Waals surface area contributed by atoms with Gasteiger partial charge < -0.3 is 5.11 Å². The SMILES string of the molecule is Cc1cc(S(=O)(=O)NCC(C)CCC(=O)O)ccc1C#N. The highest BCUT2D eigenvalue weighted by Gasteiger charge is 2.16. The molecule has 0 fully saturated rings. The number of carboxylic acid groups (broad SMARTS) is 1. The first-order chi connectivity index (χ1) is 9.76. The van der Waals surface area contributed by atoms with Crippen molar-refractivity contribution in [2.24, 2.45) is 5.92 Å². The van der Waals surface area contributed by atoms with Gasteiger partial charge in [0, 0.05) is 13.0 Å². The van der Waals surface area contributed by atoms with E-state index in [0.717, 1.165) is 0 Å². The number of aliphatic carboxylic acids is 1. The molecule has 0 bridgehead atoms. The van der Waals surface area contributed by atoms with Crippen LogP contribution in [0.3, 0.4) is 0 Å². The minimum atomic E-state index is -3.65. The number of aryl methyl sites for hydroxylation is 1. The second kappa shape index (κ2) is 7.20. The lowest BCUT2D eigenvalue weighted by Crippen LogP contribution is -2.28. The van der Waals surface area contributed by atoms with Crippen molar-refractivity contribution in [1.29, 1.82) is 5.26 Å². The van der Waals surface area contributed by atoms with Crippen molar-refractivity contribution in [2.45, 2.75) is 31.6 Å². The summed E-state index contributed by atoms with van der Waals surface area (Å²) in [7, 11) is -3.65. The molecule has 1 unspecified atom stereocenters. The molecule has 21 heavy (non-hydrogen) atoms. The van der Waals surface area contributed by atoms with Crippen LogP contribution >= 0.6 is 0 Å². The highest BCUT2D eigenvalue weighted by atomic mass is 32.2. The molecule has 0 aliphatic heterocycles. The molecular weight excluding hydrogens is 292 g/mol. The Morgan fingerprint density at radius 3 is 2.67 bits per heavy atom. The number of nitriles is 1. The Kier molecular flexibility index (Phi) is 5.88. The summed E-state index contributed by atoms with van der Waals surface area (Å²) < 4.78 is 26.7. The average molecular weight is 310 g/mol. The number of carbonyl (C=O) groups is 1. The Balaban J connectivity index is 2.72. The molecule has 6 nitrogen and oxygen atoms in total. The summed E-state index contributed by atoms with van der Waals surface area (Å²) in [6.07, 6.45) is 0.420. The maximum atomic E-state index is 12.1. The minimum Gasteiger partial charge on any atom is -0.481 e. The van der Waals surface area contributed by atoms with Gasteiger partial charge in [0.2, 0.25) is 10.0 Å². The fourth-order valence-electron chi connectivity index (χ4n) is 1.74. The molecule has 0 aromatic heterocycles. The third-order valence-electron chi connectivity index (χ3n) is 3.10. The monoisotopic (exact) mass is 310 g/mol. The lowest BCUT2D eigenvalue weighted by Gasteiger charge is -2.12. The second-order valence-electron chi connectivity index (χ2n) is 4.98. The predicted octanol–water partition coefficient (Wildman–Crippen LogP) is 1.65. The first kappa shape index (κ1) is 17.1. The molecule has 0 saturated heterocycles. The van der Waals surface area contributed by atoms with Crippen molar-refractivity contribution in [3.63, 3.8) is 0 Å². The number of benzene rings is 1. The highest BCUT2D eigenvalue weighted by Crippen LogP contribution is 2.15. The Labute approximate surface area is 124 Å². The number of sulfonamides is 1. The molecular formula is C14H18N2O4S. The van der Waals surface area contributed by atoms with E-state index in [9.17, 15) is 13.2 Å². The molecule has 0 spiro atoms. The van der Waals surface area contributed by atoms with Crippen LogP contribution in [-0.4, -0.2) is 26.0 Å². The third kappa shape index (κ3) is 5.17. The van der Waals surface area contributed by atoms with Gasteiger partial charge in [-0.25, -0.2) is 13.1 Å². The van der Waals surface area contributed by atoms with Crippen LogP contribution in [0.25, 0.3) is 0 Å². The van der Waals surface area contributed by atoms with E-state index in [1.165, 1.54) is 18.2 Å². The van der Waals surface area contributed by atoms with Crippen molar-refractivity contribution in [3.8, 4) is 6.07 Å². The molecule has 0 amide bonds. The summed E-state index contributed by atoms with van der Waals surface area (Å²) in [4.78, 5) is 10.6. The van der Waals surface area contributed by atoms with Gasteiger partial charge in [0.25, 0.3) is 0 Å². The van der Waals surface area contributed by atoms with Crippen molar-refractivity contribution in [1.82, 2.24) is 4.72 Å². The average Bonchev–Trinajstić information content (AvgIpc) is 2.42. The largest absolute Gasteiger partial charge is 0.481 e. The molecule has 0 aliphatic carbocycles. The van der Waals surface area contributed by atoms with Crippen molar-refractivity contribution >= 4 is 16.0 Å². The molecule has 0 radical (unpaired) electrons. The van der Waals surface area contributed by atoms with Gasteiger partial charge in [-0.15, -0.1) is 0 Å². The van der Waals surface area contributed by atoms with Crippen LogP contribution in [0.1, 0.15) is 30.9 Å². The van der Waals surface area contributed by atoms with E-state index >= 15 is 0 Å². The quantitative estimate of drug-likeness (QED) is 0.796. The zero-order chi connectivity index (χ0) is 16.0. The molecule has 2 N–H and O–H groups in total. The summed E-state index contributed by atoms with van der Waals surface area (Å²) in [6, 6.07) is 6.28. The summed E-state index contributed by atoms with van der Waals surface area (Å²) in [5.41, 5.74) is 1.03. The molecule has 1 rings (SSSR count). The highest BCUT2D eigenvalue weighted by molar-refractivity contribution is 7.89. The van der Waals surface area contributed by atoms with Gasteiger partial charge in [0.05, 0.1) is 16.5 Å². The van der Waals surface area contributed by atoms with Crippen LogP contribution in [0.4, 0.5) is 0 Å². The Hall–Kier alpha value is -1.91. The third-order valence-corrected chi connectivity index (χ3v) is 4.52. The van der Waals surface area contributed by atoms with E-state index < -0.39 is 16.0 Å². The summed E-state index contributed by atoms with van der Waals surface area (Å²) in [5, 5.41) is 17.4.